The van der Waals surface area contributed by atoms with Crippen molar-refractivity contribution in [3.05, 3.63) is 12.2 Å². The Bertz CT molecular complexity index is 430. The third-order valence-electron chi connectivity index (χ3n) is 3.53. The highest BCUT2D eigenvalue weighted by Crippen LogP contribution is 1.89. The quantitative estimate of drug-likeness (QED) is 0.455. The second kappa shape index (κ2) is 21.6. The molecule has 0 spiro atoms. The van der Waals surface area contributed by atoms with Gasteiger partial charge in [0.15, 0.2) is 0 Å². The van der Waals surface area contributed by atoms with Gasteiger partial charge >= 0.3 is 11.9 Å². The summed E-state index contributed by atoms with van der Waals surface area (Å²) >= 11 is 0. The molecule has 11 heteroatoms. The summed E-state index contributed by atoms with van der Waals surface area (Å²) in [5.41, 5.74) is 0. The van der Waals surface area contributed by atoms with E-state index in [2.05, 4.69) is 0 Å². The van der Waals surface area contributed by atoms with Gasteiger partial charge in [0.25, 0.3) is 0 Å². The molecular weight excluding hydrogens is 416 g/mol. The van der Waals surface area contributed by atoms with Crippen molar-refractivity contribution in [3.63, 3.8) is 0 Å². The Morgan fingerprint density at radius 2 is 0.548 bits per heavy atom. The van der Waals surface area contributed by atoms with Crippen LogP contribution in [0.25, 0.3) is 0 Å². The fourth-order valence-corrected chi connectivity index (χ4v) is 2.06. The molecule has 0 fully saturated rings. The number of carbonyl (C=O) groups is 2. The van der Waals surface area contributed by atoms with Gasteiger partial charge in [-0.1, -0.05) is 0 Å². The van der Waals surface area contributed by atoms with Gasteiger partial charge in [0.05, 0.1) is 92.5 Å². The summed E-state index contributed by atoms with van der Waals surface area (Å²) in [7, 11) is 0. The van der Waals surface area contributed by atoms with E-state index in [0.29, 0.717) is 79.3 Å². The van der Waals surface area contributed by atoms with E-state index in [1.165, 1.54) is 0 Å². The molecule has 1 heterocycles. The Kier molecular flexibility index (Phi) is 19.1. The molecule has 0 amide bonds. The fourth-order valence-electron chi connectivity index (χ4n) is 2.06. The van der Waals surface area contributed by atoms with Crippen molar-refractivity contribution in [1.82, 2.24) is 0 Å². The smallest absolute Gasteiger partial charge is 0.331 e. The lowest BCUT2D eigenvalue weighted by molar-refractivity contribution is -0.142. The zero-order chi connectivity index (χ0) is 22.2. The average Bonchev–Trinajstić information content (AvgIpc) is 2.77. The maximum Gasteiger partial charge on any atom is 0.331 e. The Balaban J connectivity index is 2.18. The van der Waals surface area contributed by atoms with Crippen LogP contribution >= 0.6 is 0 Å². The highest BCUT2D eigenvalue weighted by atomic mass is 16.6. The van der Waals surface area contributed by atoms with Gasteiger partial charge in [-0.2, -0.15) is 0 Å². The van der Waals surface area contributed by atoms with Gasteiger partial charge in [0.2, 0.25) is 0 Å². The van der Waals surface area contributed by atoms with Gasteiger partial charge in [-0.25, -0.2) is 9.59 Å². The number of ether oxygens (including phenoxy) is 9. The molecule has 0 bridgehead atoms. The van der Waals surface area contributed by atoms with Gasteiger partial charge in [-0.05, 0) is 0 Å². The van der Waals surface area contributed by atoms with E-state index in [9.17, 15) is 9.59 Å². The number of cyclic esters (lactones) is 2. The lowest BCUT2D eigenvalue weighted by atomic mass is 10.5. The summed E-state index contributed by atoms with van der Waals surface area (Å²) in [5.74, 6) is -1.31. The summed E-state index contributed by atoms with van der Waals surface area (Å²) in [6.45, 7) is 5.94. The van der Waals surface area contributed by atoms with Crippen LogP contribution in [0.3, 0.4) is 0 Å². The topological polar surface area (TPSA) is 117 Å². The molecule has 180 valence electrons. The third-order valence-corrected chi connectivity index (χ3v) is 3.53. The number of esters is 2. The summed E-state index contributed by atoms with van der Waals surface area (Å²) < 4.78 is 47.2. The van der Waals surface area contributed by atoms with Crippen LogP contribution in [0.2, 0.25) is 0 Å². The van der Waals surface area contributed by atoms with Crippen molar-refractivity contribution in [2.45, 2.75) is 0 Å². The van der Waals surface area contributed by atoms with Gasteiger partial charge in [-0.3, -0.25) is 0 Å². The number of carbonyl (C=O) groups excluding carboxylic acids is 2. The lowest BCUT2D eigenvalue weighted by Crippen LogP contribution is -2.15. The van der Waals surface area contributed by atoms with E-state index < -0.39 is 11.9 Å². The number of hydrogen-bond acceptors (Lipinski definition) is 11. The monoisotopic (exact) mass is 450 g/mol. The first kappa shape index (κ1) is 27.4. The Morgan fingerprint density at radius 3 is 0.774 bits per heavy atom. The zero-order valence-electron chi connectivity index (χ0n) is 18.0. The largest absolute Gasteiger partial charge is 0.460 e. The van der Waals surface area contributed by atoms with Crippen LogP contribution in [0.15, 0.2) is 12.2 Å². The van der Waals surface area contributed by atoms with Crippen molar-refractivity contribution in [1.29, 1.82) is 0 Å². The van der Waals surface area contributed by atoms with Crippen LogP contribution in [-0.4, -0.2) is 118 Å². The molecule has 1 rings (SSSR count). The van der Waals surface area contributed by atoms with Gasteiger partial charge < -0.3 is 42.6 Å². The normalized spacial score (nSPS) is 23.4. The highest BCUT2D eigenvalue weighted by molar-refractivity contribution is 5.91. The lowest BCUT2D eigenvalue weighted by Gasteiger charge is -2.08. The van der Waals surface area contributed by atoms with Crippen molar-refractivity contribution in [3.8, 4) is 0 Å². The molecule has 0 saturated heterocycles. The predicted molar refractivity (Wildman–Crippen MR) is 107 cm³/mol. The van der Waals surface area contributed by atoms with E-state index in [1.807, 2.05) is 0 Å². The van der Waals surface area contributed by atoms with Gasteiger partial charge in [-0.15, -0.1) is 0 Å². The highest BCUT2D eigenvalue weighted by Gasteiger charge is 2.02. The molecule has 0 radical (unpaired) electrons. The minimum Gasteiger partial charge on any atom is -0.460 e. The van der Waals surface area contributed by atoms with E-state index in [0.717, 1.165) is 12.2 Å². The molecule has 1 aliphatic heterocycles. The zero-order valence-corrected chi connectivity index (χ0v) is 18.0. The van der Waals surface area contributed by atoms with E-state index >= 15 is 0 Å². The molecule has 0 N–H and O–H groups in total. The molecule has 0 saturated carbocycles. The Hall–Kier alpha value is -1.60. The van der Waals surface area contributed by atoms with Crippen LogP contribution < -0.4 is 0 Å². The van der Waals surface area contributed by atoms with Crippen LogP contribution in [-0.2, 0) is 52.2 Å². The molecule has 0 atom stereocenters. The molecule has 0 aromatic heterocycles. The van der Waals surface area contributed by atoms with Crippen molar-refractivity contribution in [2.24, 2.45) is 0 Å². The van der Waals surface area contributed by atoms with Crippen molar-refractivity contribution >= 4 is 11.9 Å². The standard InChI is InChI=1S/C20H34O11/c21-19-1-2-20(22)31-18-16-29-14-12-27-10-8-25-6-4-23-3-5-24-7-9-26-11-13-28-15-17-30-19/h1-2H,3-18H2/b2-1+. The summed E-state index contributed by atoms with van der Waals surface area (Å²) in [6, 6.07) is 0. The molecule has 0 unspecified atom stereocenters. The van der Waals surface area contributed by atoms with E-state index in [-0.39, 0.29) is 26.4 Å². The molecule has 11 nitrogen and oxygen atoms in total. The molecular formula is C20H34O11. The van der Waals surface area contributed by atoms with Gasteiger partial charge in [0.1, 0.15) is 13.2 Å². The molecule has 31 heavy (non-hydrogen) atoms. The predicted octanol–water partition coefficient (Wildman–Crippen LogP) is -0.241. The van der Waals surface area contributed by atoms with Crippen LogP contribution in [0, 0.1) is 0 Å². The minimum atomic E-state index is -0.653. The van der Waals surface area contributed by atoms with E-state index in [4.69, 9.17) is 42.6 Å². The van der Waals surface area contributed by atoms with Crippen molar-refractivity contribution in [2.75, 3.05) is 106 Å². The molecule has 0 aromatic carbocycles. The van der Waals surface area contributed by atoms with Crippen molar-refractivity contribution < 1.29 is 52.2 Å². The molecule has 1 aliphatic rings. The maximum absolute atomic E-state index is 11.5. The minimum absolute atomic E-state index is 0.0717. The molecule has 0 aliphatic carbocycles. The first-order valence-corrected chi connectivity index (χ1v) is 10.3. The second-order valence-electron chi connectivity index (χ2n) is 5.95. The summed E-state index contributed by atoms with van der Waals surface area (Å²) in [6.07, 6.45) is 2.01. The number of hydrogen-bond donors (Lipinski definition) is 0. The van der Waals surface area contributed by atoms with Crippen LogP contribution in [0.4, 0.5) is 0 Å². The maximum atomic E-state index is 11.5. The Labute approximate surface area is 182 Å². The SMILES string of the molecule is O=C1/C=C/C(=O)OCCOCCOCCOCCOCCOCCOCCOCCO1. The Morgan fingerprint density at radius 1 is 0.355 bits per heavy atom. The fraction of sp³-hybridized carbons (Fsp3) is 0.800. The summed E-state index contributed by atoms with van der Waals surface area (Å²) in [4.78, 5) is 23.0. The molecule has 0 aromatic rings. The van der Waals surface area contributed by atoms with E-state index in [1.54, 1.807) is 0 Å². The van der Waals surface area contributed by atoms with Crippen LogP contribution in [0.5, 0.6) is 0 Å². The first-order chi connectivity index (χ1) is 15.3. The average molecular weight is 450 g/mol. The first-order valence-electron chi connectivity index (χ1n) is 10.3. The van der Waals surface area contributed by atoms with Gasteiger partial charge in [0, 0.05) is 12.2 Å². The second-order valence-corrected chi connectivity index (χ2v) is 5.95. The number of rotatable bonds is 0. The third kappa shape index (κ3) is 20.1. The summed E-state index contributed by atoms with van der Waals surface area (Å²) in [5, 5.41) is 0. The van der Waals surface area contributed by atoms with Crippen LogP contribution in [0.1, 0.15) is 0 Å².